The van der Waals surface area contributed by atoms with E-state index in [1.54, 1.807) is 0 Å². The summed E-state index contributed by atoms with van der Waals surface area (Å²) in [5.41, 5.74) is 8.15. The van der Waals surface area contributed by atoms with E-state index in [-0.39, 0.29) is 0 Å². The molecule has 2 atom stereocenters. The van der Waals surface area contributed by atoms with Crippen LogP contribution < -0.4 is 10.5 Å². The summed E-state index contributed by atoms with van der Waals surface area (Å²) in [6, 6.07) is 8.90. The van der Waals surface area contributed by atoms with Crippen molar-refractivity contribution in [3.63, 3.8) is 0 Å². The van der Waals surface area contributed by atoms with Crippen molar-refractivity contribution in [2.45, 2.75) is 19.4 Å². The van der Waals surface area contributed by atoms with Gasteiger partial charge < -0.3 is 10.5 Å². The summed E-state index contributed by atoms with van der Waals surface area (Å²) in [5, 5.41) is 0. The summed E-state index contributed by atoms with van der Waals surface area (Å²) < 4.78 is 5.62. The number of nitrogens with zero attached hydrogens (tertiary/aromatic N) is 1. The van der Waals surface area contributed by atoms with Gasteiger partial charge in [-0.1, -0.05) is 18.7 Å². The highest BCUT2D eigenvalue weighted by atomic mass is 16.5. The van der Waals surface area contributed by atoms with E-state index in [1.807, 2.05) is 19.1 Å². The molecule has 0 bridgehead atoms. The van der Waals surface area contributed by atoms with E-state index in [2.05, 4.69) is 30.7 Å². The maximum atomic E-state index is 5.77. The molecule has 1 aliphatic heterocycles. The van der Waals surface area contributed by atoms with Crippen LogP contribution in [-0.4, -0.2) is 31.6 Å². The zero-order valence-corrected chi connectivity index (χ0v) is 11.9. The van der Waals surface area contributed by atoms with E-state index in [0.29, 0.717) is 18.6 Å². The quantitative estimate of drug-likeness (QED) is 0.827. The fourth-order valence-electron chi connectivity index (χ4n) is 2.66. The molecule has 2 unspecified atom stereocenters. The smallest absolute Gasteiger partial charge is 0.119 e. The van der Waals surface area contributed by atoms with E-state index in [1.165, 1.54) is 5.56 Å². The highest BCUT2D eigenvalue weighted by molar-refractivity contribution is 5.30. The third-order valence-electron chi connectivity index (χ3n) is 3.72. The number of ether oxygens (including phenoxy) is 1. The summed E-state index contributed by atoms with van der Waals surface area (Å²) in [7, 11) is 2.17. The highest BCUT2D eigenvalue weighted by Gasteiger charge is 2.29. The summed E-state index contributed by atoms with van der Waals surface area (Å²) in [4.78, 5) is 2.39. The van der Waals surface area contributed by atoms with Gasteiger partial charge in [0.2, 0.25) is 0 Å². The van der Waals surface area contributed by atoms with E-state index < -0.39 is 0 Å². The Bertz CT molecular complexity index is 427. The molecule has 0 aliphatic carbocycles. The number of rotatable bonds is 5. The normalized spacial score (nSPS) is 23.5. The molecule has 2 rings (SSSR count). The molecule has 0 amide bonds. The maximum Gasteiger partial charge on any atom is 0.119 e. The largest absolute Gasteiger partial charge is 0.489 e. The zero-order valence-electron chi connectivity index (χ0n) is 11.9. The maximum absolute atomic E-state index is 5.77. The second-order valence-corrected chi connectivity index (χ2v) is 5.61. The molecule has 0 radical (unpaired) electrons. The first-order valence-corrected chi connectivity index (χ1v) is 6.87. The van der Waals surface area contributed by atoms with E-state index in [9.17, 15) is 0 Å². The summed E-state index contributed by atoms with van der Waals surface area (Å²) in [6.45, 7) is 8.25. The van der Waals surface area contributed by atoms with Crippen LogP contribution in [0.1, 0.15) is 24.9 Å². The number of nitrogens with two attached hydrogens (primary N) is 1. The van der Waals surface area contributed by atoms with Crippen LogP contribution in [0.3, 0.4) is 0 Å². The topological polar surface area (TPSA) is 38.5 Å². The second kappa shape index (κ2) is 6.22. The minimum atomic E-state index is 0.490. The van der Waals surface area contributed by atoms with Gasteiger partial charge in [0.25, 0.3) is 0 Å². The Labute approximate surface area is 116 Å². The first-order chi connectivity index (χ1) is 9.10. The van der Waals surface area contributed by atoms with Crippen LogP contribution >= 0.6 is 0 Å². The third-order valence-corrected chi connectivity index (χ3v) is 3.72. The van der Waals surface area contributed by atoms with Crippen LogP contribution in [0.2, 0.25) is 0 Å². The Balaban J connectivity index is 2.00. The lowest BCUT2D eigenvalue weighted by molar-refractivity contribution is 0.313. The Morgan fingerprint density at radius 3 is 2.63 bits per heavy atom. The van der Waals surface area contributed by atoms with Crippen molar-refractivity contribution in [3.05, 3.63) is 42.0 Å². The minimum absolute atomic E-state index is 0.490. The van der Waals surface area contributed by atoms with Crippen LogP contribution in [0.25, 0.3) is 0 Å². The lowest BCUT2D eigenvalue weighted by atomic mass is 10.00. The lowest BCUT2D eigenvalue weighted by Crippen LogP contribution is -2.20. The van der Waals surface area contributed by atoms with Gasteiger partial charge in [-0.25, -0.2) is 0 Å². The monoisotopic (exact) mass is 260 g/mol. The minimum Gasteiger partial charge on any atom is -0.489 e. The van der Waals surface area contributed by atoms with Crippen molar-refractivity contribution < 1.29 is 4.74 Å². The van der Waals surface area contributed by atoms with Gasteiger partial charge in [0.05, 0.1) is 0 Å². The van der Waals surface area contributed by atoms with E-state index in [4.69, 9.17) is 10.5 Å². The number of benzene rings is 1. The van der Waals surface area contributed by atoms with Gasteiger partial charge >= 0.3 is 0 Å². The standard InChI is InChI=1S/C16H24N2O/c1-12(2)11-19-15-6-4-14(5-7-15)16-8-13(9-17)10-18(16)3/h4-7,13,16H,1,8-11,17H2,2-3H3. The molecule has 19 heavy (non-hydrogen) atoms. The summed E-state index contributed by atoms with van der Waals surface area (Å²) in [5.74, 6) is 1.53. The fourth-order valence-corrected chi connectivity index (χ4v) is 2.66. The molecule has 3 nitrogen and oxygen atoms in total. The van der Waals surface area contributed by atoms with Crippen LogP contribution in [0, 0.1) is 5.92 Å². The number of likely N-dealkylation sites (tertiary alicyclic amines) is 1. The van der Waals surface area contributed by atoms with Gasteiger partial charge in [0, 0.05) is 12.6 Å². The zero-order chi connectivity index (χ0) is 13.8. The molecule has 1 aliphatic rings. The molecule has 1 aromatic rings. The Morgan fingerprint density at radius 1 is 1.42 bits per heavy atom. The molecule has 0 saturated carbocycles. The summed E-state index contributed by atoms with van der Waals surface area (Å²) >= 11 is 0. The summed E-state index contributed by atoms with van der Waals surface area (Å²) in [6.07, 6.45) is 1.15. The van der Waals surface area contributed by atoms with Crippen LogP contribution in [0.4, 0.5) is 0 Å². The van der Waals surface area contributed by atoms with E-state index >= 15 is 0 Å². The molecular formula is C16H24N2O. The Morgan fingerprint density at radius 2 is 2.11 bits per heavy atom. The predicted octanol–water partition coefficient (Wildman–Crippen LogP) is 2.59. The average Bonchev–Trinajstić information content (AvgIpc) is 2.78. The number of hydrogen-bond acceptors (Lipinski definition) is 3. The van der Waals surface area contributed by atoms with Gasteiger partial charge in [-0.15, -0.1) is 0 Å². The van der Waals surface area contributed by atoms with Crippen molar-refractivity contribution in [2.75, 3.05) is 26.7 Å². The molecule has 1 saturated heterocycles. The first kappa shape index (κ1) is 14.1. The fraction of sp³-hybridized carbons (Fsp3) is 0.500. The number of hydrogen-bond donors (Lipinski definition) is 1. The molecule has 0 spiro atoms. The molecule has 2 N–H and O–H groups in total. The van der Waals surface area contributed by atoms with Crippen molar-refractivity contribution in [1.29, 1.82) is 0 Å². The molecule has 3 heteroatoms. The van der Waals surface area contributed by atoms with Gasteiger partial charge in [-0.3, -0.25) is 4.90 Å². The SMILES string of the molecule is C=C(C)COc1ccc(C2CC(CN)CN2C)cc1. The van der Waals surface area contributed by atoms with Crippen LogP contribution in [0.15, 0.2) is 36.4 Å². The van der Waals surface area contributed by atoms with Gasteiger partial charge in [0.15, 0.2) is 0 Å². The van der Waals surface area contributed by atoms with Crippen molar-refractivity contribution in [1.82, 2.24) is 4.90 Å². The molecule has 0 aromatic heterocycles. The van der Waals surface area contributed by atoms with E-state index in [0.717, 1.165) is 30.8 Å². The second-order valence-electron chi connectivity index (χ2n) is 5.61. The van der Waals surface area contributed by atoms with Gasteiger partial charge in [-0.2, -0.15) is 0 Å². The highest BCUT2D eigenvalue weighted by Crippen LogP contribution is 2.34. The molecule has 104 valence electrons. The Kier molecular flexibility index (Phi) is 4.61. The van der Waals surface area contributed by atoms with Gasteiger partial charge in [-0.05, 0) is 56.1 Å². The molecular weight excluding hydrogens is 236 g/mol. The van der Waals surface area contributed by atoms with Crippen molar-refractivity contribution in [2.24, 2.45) is 11.7 Å². The molecule has 1 heterocycles. The van der Waals surface area contributed by atoms with Crippen molar-refractivity contribution in [3.8, 4) is 5.75 Å². The average molecular weight is 260 g/mol. The van der Waals surface area contributed by atoms with Crippen LogP contribution in [0.5, 0.6) is 5.75 Å². The van der Waals surface area contributed by atoms with Crippen LogP contribution in [-0.2, 0) is 0 Å². The Hall–Kier alpha value is -1.32. The third kappa shape index (κ3) is 3.58. The predicted molar refractivity (Wildman–Crippen MR) is 79.3 cm³/mol. The lowest BCUT2D eigenvalue weighted by Gasteiger charge is -2.19. The first-order valence-electron chi connectivity index (χ1n) is 6.87. The van der Waals surface area contributed by atoms with Gasteiger partial charge in [0.1, 0.15) is 12.4 Å². The van der Waals surface area contributed by atoms with Crippen molar-refractivity contribution >= 4 is 0 Å². The molecule has 1 fully saturated rings. The molecule has 1 aromatic carbocycles.